The first kappa shape index (κ1) is 13.9. The number of rotatable bonds is 2. The summed E-state index contributed by atoms with van der Waals surface area (Å²) in [6.07, 6.45) is 6.78. The largest absolute Gasteiger partial charge is 0.440 e. The van der Waals surface area contributed by atoms with E-state index in [4.69, 9.17) is 9.47 Å². The Hall–Kier alpha value is -1.73. The number of ether oxygens (including phenoxy) is 2. The normalized spacial score (nSPS) is 27.4. The molecule has 3 saturated heterocycles. The van der Waals surface area contributed by atoms with Gasteiger partial charge < -0.3 is 14.8 Å². The zero-order chi connectivity index (χ0) is 15.0. The van der Waals surface area contributed by atoms with Crippen molar-refractivity contribution in [3.8, 4) is 0 Å². The lowest BCUT2D eigenvalue weighted by Crippen LogP contribution is -2.40. The van der Waals surface area contributed by atoms with Gasteiger partial charge >= 0.3 is 6.09 Å². The molecule has 0 aromatic carbocycles. The van der Waals surface area contributed by atoms with Crippen LogP contribution >= 0.6 is 0 Å². The highest BCUT2D eigenvalue weighted by molar-refractivity contribution is 5.89. The second-order valence-electron chi connectivity index (χ2n) is 6.20. The Bertz CT molecular complexity index is 568. The summed E-state index contributed by atoms with van der Waals surface area (Å²) in [5.74, 6) is 0.583. The van der Waals surface area contributed by atoms with Crippen LogP contribution in [0.2, 0.25) is 0 Å². The SMILES string of the molecule is O=C1OC2(CCOCC2)CN1c1cncc([C@@H]2CCCN2)n1. The van der Waals surface area contributed by atoms with Gasteiger partial charge in [0.1, 0.15) is 5.60 Å². The summed E-state index contributed by atoms with van der Waals surface area (Å²) < 4.78 is 11.0. The highest BCUT2D eigenvalue weighted by atomic mass is 16.6. The molecular formula is C15H20N4O3. The molecule has 0 unspecified atom stereocenters. The van der Waals surface area contributed by atoms with E-state index in [9.17, 15) is 4.79 Å². The van der Waals surface area contributed by atoms with Crippen molar-refractivity contribution < 1.29 is 14.3 Å². The molecule has 0 bridgehead atoms. The summed E-state index contributed by atoms with van der Waals surface area (Å²) in [6, 6.07) is 0.239. The molecular weight excluding hydrogens is 284 g/mol. The number of hydrogen-bond donors (Lipinski definition) is 1. The van der Waals surface area contributed by atoms with E-state index in [1.165, 1.54) is 0 Å². The number of hydrogen-bond acceptors (Lipinski definition) is 6. The second kappa shape index (κ2) is 5.48. The lowest BCUT2D eigenvalue weighted by molar-refractivity contribution is -0.0431. The standard InChI is InChI=1S/C15H20N4O3/c20-14-19(10-15(22-14)3-6-21-7-4-15)13-9-16-8-12(18-13)11-2-1-5-17-11/h8-9,11,17H,1-7,10H2/t11-/m0/s1. The molecule has 118 valence electrons. The molecule has 0 saturated carbocycles. The molecule has 3 aliphatic rings. The Morgan fingerprint density at radius 3 is 2.95 bits per heavy atom. The topological polar surface area (TPSA) is 76.6 Å². The van der Waals surface area contributed by atoms with E-state index in [0.717, 1.165) is 37.9 Å². The zero-order valence-electron chi connectivity index (χ0n) is 12.5. The van der Waals surface area contributed by atoms with Crippen molar-refractivity contribution in [2.75, 3.05) is 31.2 Å². The van der Waals surface area contributed by atoms with Crippen molar-refractivity contribution in [3.05, 3.63) is 18.1 Å². The van der Waals surface area contributed by atoms with Gasteiger partial charge in [-0.2, -0.15) is 0 Å². The average molecular weight is 304 g/mol. The van der Waals surface area contributed by atoms with Crippen molar-refractivity contribution in [1.29, 1.82) is 0 Å². The summed E-state index contributed by atoms with van der Waals surface area (Å²) in [5, 5.41) is 3.41. The third-order valence-corrected chi connectivity index (χ3v) is 4.71. The molecule has 1 aromatic heterocycles. The van der Waals surface area contributed by atoms with Gasteiger partial charge in [-0.25, -0.2) is 9.78 Å². The average Bonchev–Trinajstić information content (AvgIpc) is 3.17. The van der Waals surface area contributed by atoms with Gasteiger partial charge in [0.25, 0.3) is 0 Å². The minimum absolute atomic E-state index is 0.239. The molecule has 3 aliphatic heterocycles. The fourth-order valence-corrected chi connectivity index (χ4v) is 3.41. The van der Waals surface area contributed by atoms with Crippen LogP contribution in [-0.4, -0.2) is 48.0 Å². The van der Waals surface area contributed by atoms with E-state index >= 15 is 0 Å². The first-order valence-corrected chi connectivity index (χ1v) is 7.89. The van der Waals surface area contributed by atoms with E-state index < -0.39 is 5.60 Å². The highest BCUT2D eigenvalue weighted by Crippen LogP contribution is 2.34. The number of aromatic nitrogens is 2. The lowest BCUT2D eigenvalue weighted by Gasteiger charge is -2.30. The summed E-state index contributed by atoms with van der Waals surface area (Å²) in [6.45, 7) is 2.81. The predicted octanol–water partition coefficient (Wildman–Crippen LogP) is 1.41. The van der Waals surface area contributed by atoms with Crippen LogP contribution in [0.5, 0.6) is 0 Å². The number of carbonyl (C=O) groups is 1. The number of nitrogens with zero attached hydrogens (tertiary/aromatic N) is 3. The van der Waals surface area contributed by atoms with Crippen LogP contribution in [0.15, 0.2) is 12.4 Å². The molecule has 1 atom stereocenters. The van der Waals surface area contributed by atoms with Crippen molar-refractivity contribution in [3.63, 3.8) is 0 Å². The van der Waals surface area contributed by atoms with Crippen LogP contribution in [0.4, 0.5) is 10.6 Å². The number of anilines is 1. The van der Waals surface area contributed by atoms with E-state index in [0.29, 0.717) is 25.6 Å². The Morgan fingerprint density at radius 2 is 2.18 bits per heavy atom. The minimum atomic E-state index is -0.418. The Morgan fingerprint density at radius 1 is 1.32 bits per heavy atom. The van der Waals surface area contributed by atoms with Gasteiger partial charge in [-0.05, 0) is 19.4 Å². The third-order valence-electron chi connectivity index (χ3n) is 4.71. The molecule has 4 heterocycles. The summed E-state index contributed by atoms with van der Waals surface area (Å²) in [5.41, 5.74) is 0.481. The van der Waals surface area contributed by atoms with Gasteiger partial charge in [0.15, 0.2) is 5.82 Å². The molecule has 22 heavy (non-hydrogen) atoms. The van der Waals surface area contributed by atoms with E-state index in [-0.39, 0.29) is 12.1 Å². The van der Waals surface area contributed by atoms with Crippen molar-refractivity contribution in [2.45, 2.75) is 37.3 Å². The lowest BCUT2D eigenvalue weighted by atomic mass is 9.94. The quantitative estimate of drug-likeness (QED) is 0.890. The maximum absolute atomic E-state index is 12.3. The Labute approximate surface area is 129 Å². The van der Waals surface area contributed by atoms with Crippen LogP contribution in [-0.2, 0) is 9.47 Å². The molecule has 1 aromatic rings. The van der Waals surface area contributed by atoms with Crippen molar-refractivity contribution in [1.82, 2.24) is 15.3 Å². The van der Waals surface area contributed by atoms with Gasteiger partial charge in [0.2, 0.25) is 0 Å². The fourth-order valence-electron chi connectivity index (χ4n) is 3.41. The van der Waals surface area contributed by atoms with Gasteiger partial charge in [0, 0.05) is 12.8 Å². The summed E-state index contributed by atoms with van der Waals surface area (Å²) in [4.78, 5) is 22.8. The number of carbonyl (C=O) groups excluding carboxylic acids is 1. The fraction of sp³-hybridized carbons (Fsp3) is 0.667. The molecule has 7 nitrogen and oxygen atoms in total. The minimum Gasteiger partial charge on any atom is -0.440 e. The van der Waals surface area contributed by atoms with Gasteiger partial charge in [-0.3, -0.25) is 9.88 Å². The first-order chi connectivity index (χ1) is 10.8. The summed E-state index contributed by atoms with van der Waals surface area (Å²) in [7, 11) is 0. The van der Waals surface area contributed by atoms with Crippen LogP contribution in [0.1, 0.15) is 37.4 Å². The van der Waals surface area contributed by atoms with E-state index in [2.05, 4.69) is 15.3 Å². The molecule has 1 spiro atoms. The number of amides is 1. The molecule has 3 fully saturated rings. The van der Waals surface area contributed by atoms with E-state index in [1.807, 2.05) is 0 Å². The monoisotopic (exact) mass is 304 g/mol. The molecule has 0 radical (unpaired) electrons. The molecule has 4 rings (SSSR count). The van der Waals surface area contributed by atoms with Crippen LogP contribution in [0.25, 0.3) is 0 Å². The first-order valence-electron chi connectivity index (χ1n) is 7.89. The molecule has 1 N–H and O–H groups in total. The second-order valence-corrected chi connectivity index (χ2v) is 6.20. The van der Waals surface area contributed by atoms with E-state index in [1.54, 1.807) is 17.3 Å². The Balaban J connectivity index is 1.56. The van der Waals surface area contributed by atoms with Gasteiger partial charge in [-0.1, -0.05) is 0 Å². The van der Waals surface area contributed by atoms with Crippen LogP contribution in [0, 0.1) is 0 Å². The predicted molar refractivity (Wildman–Crippen MR) is 78.6 cm³/mol. The molecule has 0 aliphatic carbocycles. The third kappa shape index (κ3) is 2.44. The molecule has 1 amide bonds. The highest BCUT2D eigenvalue weighted by Gasteiger charge is 2.47. The van der Waals surface area contributed by atoms with Crippen LogP contribution in [0.3, 0.4) is 0 Å². The summed E-state index contributed by atoms with van der Waals surface area (Å²) >= 11 is 0. The van der Waals surface area contributed by atoms with Crippen molar-refractivity contribution >= 4 is 11.9 Å². The van der Waals surface area contributed by atoms with Crippen molar-refractivity contribution in [2.24, 2.45) is 0 Å². The van der Waals surface area contributed by atoms with Gasteiger partial charge in [0.05, 0.1) is 43.9 Å². The maximum Gasteiger partial charge on any atom is 0.416 e. The molecule has 7 heteroatoms. The maximum atomic E-state index is 12.3. The number of nitrogens with one attached hydrogen (secondary N) is 1. The van der Waals surface area contributed by atoms with Crippen LogP contribution < -0.4 is 10.2 Å². The Kier molecular flexibility index (Phi) is 3.46. The smallest absolute Gasteiger partial charge is 0.416 e. The van der Waals surface area contributed by atoms with Gasteiger partial charge in [-0.15, -0.1) is 0 Å². The zero-order valence-corrected chi connectivity index (χ0v) is 12.5.